The summed E-state index contributed by atoms with van der Waals surface area (Å²) in [6.45, 7) is 4.05. The number of aromatic nitrogens is 1. The van der Waals surface area contributed by atoms with Crippen molar-refractivity contribution in [3.8, 4) is 0 Å². The lowest BCUT2D eigenvalue weighted by atomic mass is 10.1. The molecule has 1 aromatic carbocycles. The maximum absolute atomic E-state index is 5.07. The highest BCUT2D eigenvalue weighted by Gasteiger charge is 2.01. The summed E-state index contributed by atoms with van der Waals surface area (Å²) in [7, 11) is 0. The highest BCUT2D eigenvalue weighted by Crippen LogP contribution is 2.17. The number of hydrogen-bond acceptors (Lipinski definition) is 2. The molecule has 0 unspecified atom stereocenters. The molecule has 0 aliphatic heterocycles. The van der Waals surface area contributed by atoms with Crippen molar-refractivity contribution in [2.45, 2.75) is 13.8 Å². The molecule has 0 bridgehead atoms. The van der Waals surface area contributed by atoms with Gasteiger partial charge in [0.2, 0.25) is 0 Å². The van der Waals surface area contributed by atoms with Crippen LogP contribution in [0, 0.1) is 20.2 Å². The minimum Gasteiger partial charge on any atom is -0.432 e. The van der Waals surface area contributed by atoms with Gasteiger partial charge in [0.05, 0.1) is 0 Å². The second kappa shape index (κ2) is 2.09. The van der Waals surface area contributed by atoms with Crippen LogP contribution in [0.25, 0.3) is 11.1 Å². The Hall–Kier alpha value is -1.31. The lowest BCUT2D eigenvalue weighted by Gasteiger charge is -1.94. The van der Waals surface area contributed by atoms with Gasteiger partial charge in [0, 0.05) is 0 Å². The highest BCUT2D eigenvalue weighted by molar-refractivity contribution is 5.76. The van der Waals surface area contributed by atoms with E-state index in [1.54, 1.807) is 0 Å². The molecule has 0 aliphatic carbocycles. The third-order valence-electron chi connectivity index (χ3n) is 1.71. The molecule has 0 N–H and O–H groups in total. The van der Waals surface area contributed by atoms with Crippen LogP contribution in [0.1, 0.15) is 11.1 Å². The maximum atomic E-state index is 5.07. The Morgan fingerprint density at radius 3 is 3.00 bits per heavy atom. The Bertz CT molecular complexity index is 389. The van der Waals surface area contributed by atoms with Crippen LogP contribution < -0.4 is 0 Å². The van der Waals surface area contributed by atoms with Gasteiger partial charge in [-0.05, 0) is 31.0 Å². The highest BCUT2D eigenvalue weighted by atomic mass is 16.3. The zero-order valence-corrected chi connectivity index (χ0v) is 6.51. The first-order valence-electron chi connectivity index (χ1n) is 3.51. The van der Waals surface area contributed by atoms with Gasteiger partial charge in [-0.15, -0.1) is 0 Å². The second-order valence-corrected chi connectivity index (χ2v) is 2.74. The minimum absolute atomic E-state index is 0.843. The third-order valence-corrected chi connectivity index (χ3v) is 1.71. The molecule has 2 aromatic rings. The van der Waals surface area contributed by atoms with Crippen LogP contribution in [-0.2, 0) is 0 Å². The van der Waals surface area contributed by atoms with Gasteiger partial charge >= 0.3 is 0 Å². The molecular formula is C9H8NO. The van der Waals surface area contributed by atoms with Gasteiger partial charge in [0.1, 0.15) is 5.52 Å². The van der Waals surface area contributed by atoms with E-state index < -0.39 is 0 Å². The molecule has 0 saturated carbocycles. The normalized spacial score (nSPS) is 10.7. The first-order valence-corrected chi connectivity index (χ1v) is 3.51. The average Bonchev–Trinajstić information content (AvgIpc) is 2.34. The number of benzene rings is 1. The lowest BCUT2D eigenvalue weighted by Crippen LogP contribution is -1.77. The van der Waals surface area contributed by atoms with E-state index in [0.717, 1.165) is 16.7 Å². The SMILES string of the molecule is Cc1cc(C)c2o[c]nc2c1. The predicted molar refractivity (Wildman–Crippen MR) is 42.3 cm³/mol. The average molecular weight is 146 g/mol. The monoisotopic (exact) mass is 146 g/mol. The largest absolute Gasteiger partial charge is 0.432 e. The molecule has 0 aliphatic rings. The van der Waals surface area contributed by atoms with E-state index in [-0.39, 0.29) is 0 Å². The van der Waals surface area contributed by atoms with Crippen LogP contribution >= 0.6 is 0 Å². The molecule has 2 heteroatoms. The number of nitrogens with zero attached hydrogens (tertiary/aromatic N) is 1. The predicted octanol–water partition coefficient (Wildman–Crippen LogP) is 2.24. The molecule has 2 rings (SSSR count). The second-order valence-electron chi connectivity index (χ2n) is 2.74. The fraction of sp³-hybridized carbons (Fsp3) is 0.222. The molecule has 11 heavy (non-hydrogen) atoms. The summed E-state index contributed by atoms with van der Waals surface area (Å²) < 4.78 is 5.07. The van der Waals surface area contributed by atoms with Gasteiger partial charge in [0.15, 0.2) is 5.58 Å². The van der Waals surface area contributed by atoms with E-state index in [2.05, 4.69) is 17.4 Å². The molecule has 55 valence electrons. The summed E-state index contributed by atoms with van der Waals surface area (Å²) in [6.07, 6.45) is 2.48. The van der Waals surface area contributed by atoms with Crippen LogP contribution in [0.3, 0.4) is 0 Å². The molecule has 0 fully saturated rings. The van der Waals surface area contributed by atoms with Gasteiger partial charge < -0.3 is 4.42 Å². The molecule has 1 aromatic heterocycles. The van der Waals surface area contributed by atoms with Gasteiger partial charge in [0.25, 0.3) is 6.39 Å². The quantitative estimate of drug-likeness (QED) is 0.569. The number of oxazole rings is 1. The first kappa shape index (κ1) is 6.40. The van der Waals surface area contributed by atoms with Crippen molar-refractivity contribution in [1.82, 2.24) is 4.98 Å². The van der Waals surface area contributed by atoms with E-state index in [4.69, 9.17) is 4.42 Å². The third kappa shape index (κ3) is 0.909. The summed E-state index contributed by atoms with van der Waals surface area (Å²) in [6, 6.07) is 4.06. The smallest absolute Gasteiger partial charge is 0.284 e. The van der Waals surface area contributed by atoms with E-state index >= 15 is 0 Å². The Labute approximate surface area is 64.9 Å². The van der Waals surface area contributed by atoms with Gasteiger partial charge in [-0.3, -0.25) is 0 Å². The topological polar surface area (TPSA) is 26.0 Å². The summed E-state index contributed by atoms with van der Waals surface area (Å²) in [5, 5.41) is 0. The van der Waals surface area contributed by atoms with Crippen LogP contribution in [-0.4, -0.2) is 4.98 Å². The molecule has 2 nitrogen and oxygen atoms in total. The number of rotatable bonds is 0. The van der Waals surface area contributed by atoms with Crippen LogP contribution in [0.4, 0.5) is 0 Å². The molecule has 1 radical (unpaired) electrons. The standard InChI is InChI=1S/C9H8NO/c1-6-3-7(2)9-8(4-6)10-5-11-9/h3-4H,1-2H3. The number of fused-ring (bicyclic) bond motifs is 1. The zero-order valence-electron chi connectivity index (χ0n) is 6.51. The Morgan fingerprint density at radius 1 is 1.36 bits per heavy atom. The first-order chi connectivity index (χ1) is 5.27. The van der Waals surface area contributed by atoms with Gasteiger partial charge in [-0.2, -0.15) is 0 Å². The van der Waals surface area contributed by atoms with Crippen molar-refractivity contribution in [2.24, 2.45) is 0 Å². The molecule has 0 spiro atoms. The molecule has 1 heterocycles. The van der Waals surface area contributed by atoms with E-state index in [9.17, 15) is 0 Å². The Morgan fingerprint density at radius 2 is 2.18 bits per heavy atom. The molecule has 0 saturated heterocycles. The lowest BCUT2D eigenvalue weighted by molar-refractivity contribution is 0.589. The summed E-state index contributed by atoms with van der Waals surface area (Å²) in [5.41, 5.74) is 4.06. The van der Waals surface area contributed by atoms with E-state index in [0.29, 0.717) is 0 Å². The van der Waals surface area contributed by atoms with E-state index in [1.165, 1.54) is 5.56 Å². The van der Waals surface area contributed by atoms with Crippen molar-refractivity contribution in [1.29, 1.82) is 0 Å². The maximum Gasteiger partial charge on any atom is 0.284 e. The Kier molecular flexibility index (Phi) is 1.22. The summed E-state index contributed by atoms with van der Waals surface area (Å²) >= 11 is 0. The van der Waals surface area contributed by atoms with Crippen molar-refractivity contribution in [2.75, 3.05) is 0 Å². The fourth-order valence-electron chi connectivity index (χ4n) is 1.27. The van der Waals surface area contributed by atoms with Crippen molar-refractivity contribution >= 4 is 11.1 Å². The fourth-order valence-corrected chi connectivity index (χ4v) is 1.27. The minimum atomic E-state index is 0.843. The van der Waals surface area contributed by atoms with Crippen molar-refractivity contribution < 1.29 is 4.42 Å². The number of hydrogen-bond donors (Lipinski definition) is 0. The zero-order chi connectivity index (χ0) is 7.84. The van der Waals surface area contributed by atoms with Crippen LogP contribution in [0.2, 0.25) is 0 Å². The molecule has 0 amide bonds. The van der Waals surface area contributed by atoms with Crippen molar-refractivity contribution in [3.63, 3.8) is 0 Å². The molecule has 0 atom stereocenters. The van der Waals surface area contributed by atoms with Gasteiger partial charge in [-0.1, -0.05) is 6.07 Å². The molecular weight excluding hydrogens is 138 g/mol. The van der Waals surface area contributed by atoms with Crippen molar-refractivity contribution in [3.05, 3.63) is 29.7 Å². The summed E-state index contributed by atoms with van der Waals surface area (Å²) in [4.78, 5) is 3.95. The van der Waals surface area contributed by atoms with Crippen LogP contribution in [0.5, 0.6) is 0 Å². The Balaban J connectivity index is 2.91. The number of aryl methyl sites for hydroxylation is 2. The van der Waals surface area contributed by atoms with Crippen LogP contribution in [0.15, 0.2) is 16.5 Å². The summed E-state index contributed by atoms with van der Waals surface area (Å²) in [5.74, 6) is 0. The van der Waals surface area contributed by atoms with E-state index in [1.807, 2.05) is 19.9 Å². The van der Waals surface area contributed by atoms with Gasteiger partial charge in [-0.25, -0.2) is 4.98 Å².